The largest absolute Gasteiger partial charge is 0.496 e. The molecule has 0 radical (unpaired) electrons. The molecule has 5 heteroatoms. The van der Waals surface area contributed by atoms with Crippen LogP contribution >= 0.6 is 11.8 Å². The number of amides is 1. The lowest BCUT2D eigenvalue weighted by Gasteiger charge is -2.26. The highest BCUT2D eigenvalue weighted by atomic mass is 32.2. The lowest BCUT2D eigenvalue weighted by atomic mass is 9.93. The standard InChI is InChI=1S/C15H21NO3S/c1-19-14-9-12(20-2)7-8-13(14)15(18)16-10-3-5-11(17)6-4-10/h7-11,17H,3-6H2,1-2H3,(H,16,18). The van der Waals surface area contributed by atoms with Crippen LogP contribution in [0.3, 0.4) is 0 Å². The van der Waals surface area contributed by atoms with Crippen molar-refractivity contribution in [3.05, 3.63) is 23.8 Å². The van der Waals surface area contributed by atoms with Crippen LogP contribution < -0.4 is 10.1 Å². The number of benzene rings is 1. The number of aliphatic hydroxyl groups excluding tert-OH is 1. The number of thioether (sulfide) groups is 1. The summed E-state index contributed by atoms with van der Waals surface area (Å²) < 4.78 is 5.30. The highest BCUT2D eigenvalue weighted by molar-refractivity contribution is 7.98. The van der Waals surface area contributed by atoms with E-state index >= 15 is 0 Å². The fraction of sp³-hybridized carbons (Fsp3) is 0.533. The van der Waals surface area contributed by atoms with Crippen LogP contribution in [-0.4, -0.2) is 36.5 Å². The number of ether oxygens (including phenoxy) is 1. The van der Waals surface area contributed by atoms with E-state index < -0.39 is 0 Å². The van der Waals surface area contributed by atoms with Gasteiger partial charge in [-0.3, -0.25) is 4.79 Å². The highest BCUT2D eigenvalue weighted by Gasteiger charge is 2.22. The zero-order valence-electron chi connectivity index (χ0n) is 11.9. The van der Waals surface area contributed by atoms with Crippen molar-refractivity contribution in [2.45, 2.75) is 42.7 Å². The molecule has 1 aromatic rings. The monoisotopic (exact) mass is 295 g/mol. The number of nitrogens with one attached hydrogen (secondary N) is 1. The number of hydrogen-bond donors (Lipinski definition) is 2. The molecule has 0 spiro atoms. The quantitative estimate of drug-likeness (QED) is 0.838. The normalized spacial score (nSPS) is 22.4. The van der Waals surface area contributed by atoms with Gasteiger partial charge >= 0.3 is 0 Å². The molecule has 110 valence electrons. The maximum Gasteiger partial charge on any atom is 0.255 e. The summed E-state index contributed by atoms with van der Waals surface area (Å²) >= 11 is 1.62. The minimum Gasteiger partial charge on any atom is -0.496 e. The van der Waals surface area contributed by atoms with Gasteiger partial charge in [0.2, 0.25) is 0 Å². The Morgan fingerprint density at radius 1 is 1.35 bits per heavy atom. The van der Waals surface area contributed by atoms with Crippen molar-refractivity contribution in [2.75, 3.05) is 13.4 Å². The van der Waals surface area contributed by atoms with E-state index in [9.17, 15) is 9.90 Å². The first-order valence-corrected chi connectivity index (χ1v) is 8.07. The summed E-state index contributed by atoms with van der Waals surface area (Å²) in [5.74, 6) is 0.501. The molecule has 1 fully saturated rings. The Morgan fingerprint density at radius 2 is 2.05 bits per heavy atom. The van der Waals surface area contributed by atoms with Crippen LogP contribution in [0, 0.1) is 0 Å². The molecule has 1 saturated carbocycles. The first kappa shape index (κ1) is 15.2. The van der Waals surface area contributed by atoms with E-state index in [1.807, 2.05) is 18.4 Å². The van der Waals surface area contributed by atoms with Crippen LogP contribution in [0.25, 0.3) is 0 Å². The fourth-order valence-corrected chi connectivity index (χ4v) is 2.90. The van der Waals surface area contributed by atoms with Gasteiger partial charge in [0.25, 0.3) is 5.91 Å². The highest BCUT2D eigenvalue weighted by Crippen LogP contribution is 2.26. The van der Waals surface area contributed by atoms with Crippen LogP contribution in [0.15, 0.2) is 23.1 Å². The van der Waals surface area contributed by atoms with Crippen LogP contribution in [0.5, 0.6) is 5.75 Å². The third-order valence-electron chi connectivity index (χ3n) is 3.69. The Kier molecular flexibility index (Phi) is 5.31. The van der Waals surface area contributed by atoms with E-state index in [0.29, 0.717) is 11.3 Å². The second-order valence-corrected chi connectivity index (χ2v) is 5.92. The summed E-state index contributed by atoms with van der Waals surface area (Å²) in [4.78, 5) is 13.4. The van der Waals surface area contributed by atoms with Crippen molar-refractivity contribution >= 4 is 17.7 Å². The molecule has 0 aliphatic heterocycles. The van der Waals surface area contributed by atoms with Crippen molar-refractivity contribution in [3.8, 4) is 5.75 Å². The van der Waals surface area contributed by atoms with Gasteiger partial charge in [-0.1, -0.05) is 0 Å². The van der Waals surface area contributed by atoms with Gasteiger partial charge in [0, 0.05) is 10.9 Å². The number of aliphatic hydroxyl groups is 1. The molecule has 0 saturated heterocycles. The predicted molar refractivity (Wildman–Crippen MR) is 80.5 cm³/mol. The molecule has 2 N–H and O–H groups in total. The molecule has 1 aromatic carbocycles. The molecule has 0 heterocycles. The molecule has 0 bridgehead atoms. The molecular weight excluding hydrogens is 274 g/mol. The maximum absolute atomic E-state index is 12.3. The van der Waals surface area contributed by atoms with Crippen LogP contribution in [0.2, 0.25) is 0 Å². The van der Waals surface area contributed by atoms with E-state index in [0.717, 1.165) is 30.6 Å². The Balaban J connectivity index is 2.05. The molecular formula is C15H21NO3S. The maximum atomic E-state index is 12.3. The summed E-state index contributed by atoms with van der Waals surface area (Å²) in [5, 5.41) is 12.5. The first-order chi connectivity index (χ1) is 9.63. The third-order valence-corrected chi connectivity index (χ3v) is 4.41. The minimum absolute atomic E-state index is 0.101. The van der Waals surface area contributed by atoms with Crippen molar-refractivity contribution in [3.63, 3.8) is 0 Å². The van der Waals surface area contributed by atoms with Gasteiger partial charge < -0.3 is 15.2 Å². The van der Waals surface area contributed by atoms with Crippen molar-refractivity contribution in [1.82, 2.24) is 5.32 Å². The summed E-state index contributed by atoms with van der Waals surface area (Å²) in [6.07, 6.45) is 4.96. The fourth-order valence-electron chi connectivity index (χ4n) is 2.47. The Bertz CT molecular complexity index is 470. The molecule has 1 amide bonds. The predicted octanol–water partition coefficient (Wildman–Crippen LogP) is 2.45. The summed E-state index contributed by atoms with van der Waals surface area (Å²) in [7, 11) is 1.58. The zero-order chi connectivity index (χ0) is 14.5. The summed E-state index contributed by atoms with van der Waals surface area (Å²) in [5.41, 5.74) is 0.566. The number of carbonyl (C=O) groups excluding carboxylic acids is 1. The van der Waals surface area contributed by atoms with Gasteiger partial charge in [0.1, 0.15) is 5.75 Å². The van der Waals surface area contributed by atoms with E-state index in [1.165, 1.54) is 0 Å². The Morgan fingerprint density at radius 3 is 2.65 bits per heavy atom. The Labute approximate surface area is 123 Å². The van der Waals surface area contributed by atoms with E-state index in [4.69, 9.17) is 4.74 Å². The molecule has 1 aliphatic rings. The van der Waals surface area contributed by atoms with Gasteiger partial charge in [-0.05, 0) is 50.1 Å². The topological polar surface area (TPSA) is 58.6 Å². The SMILES string of the molecule is COc1cc(SC)ccc1C(=O)NC1CCC(O)CC1. The lowest BCUT2D eigenvalue weighted by molar-refractivity contribution is 0.0865. The average molecular weight is 295 g/mol. The smallest absolute Gasteiger partial charge is 0.255 e. The second kappa shape index (κ2) is 6.99. The molecule has 0 aromatic heterocycles. The van der Waals surface area contributed by atoms with E-state index in [-0.39, 0.29) is 18.1 Å². The van der Waals surface area contributed by atoms with E-state index in [2.05, 4.69) is 5.32 Å². The van der Waals surface area contributed by atoms with Crippen LogP contribution in [0.4, 0.5) is 0 Å². The minimum atomic E-state index is -0.210. The lowest BCUT2D eigenvalue weighted by Crippen LogP contribution is -2.38. The van der Waals surface area contributed by atoms with Gasteiger partial charge in [-0.15, -0.1) is 11.8 Å². The molecule has 0 unspecified atom stereocenters. The van der Waals surface area contributed by atoms with Gasteiger partial charge in [0.05, 0.1) is 18.8 Å². The van der Waals surface area contributed by atoms with Crippen molar-refractivity contribution in [2.24, 2.45) is 0 Å². The molecule has 1 aliphatic carbocycles. The van der Waals surface area contributed by atoms with Crippen LogP contribution in [-0.2, 0) is 0 Å². The first-order valence-electron chi connectivity index (χ1n) is 6.85. The van der Waals surface area contributed by atoms with Crippen molar-refractivity contribution in [1.29, 1.82) is 0 Å². The Hall–Kier alpha value is -1.20. The molecule has 2 rings (SSSR count). The third kappa shape index (κ3) is 3.67. The number of methoxy groups -OCH3 is 1. The summed E-state index contributed by atoms with van der Waals surface area (Å²) in [6, 6.07) is 5.75. The van der Waals surface area contributed by atoms with Crippen LogP contribution in [0.1, 0.15) is 36.0 Å². The van der Waals surface area contributed by atoms with Gasteiger partial charge in [-0.25, -0.2) is 0 Å². The number of hydrogen-bond acceptors (Lipinski definition) is 4. The van der Waals surface area contributed by atoms with Gasteiger partial charge in [0.15, 0.2) is 0 Å². The molecule has 4 nitrogen and oxygen atoms in total. The summed E-state index contributed by atoms with van der Waals surface area (Å²) in [6.45, 7) is 0. The average Bonchev–Trinajstić information content (AvgIpc) is 2.48. The number of carbonyl (C=O) groups is 1. The molecule has 20 heavy (non-hydrogen) atoms. The van der Waals surface area contributed by atoms with Gasteiger partial charge in [-0.2, -0.15) is 0 Å². The number of rotatable bonds is 4. The van der Waals surface area contributed by atoms with Crippen molar-refractivity contribution < 1.29 is 14.6 Å². The zero-order valence-corrected chi connectivity index (χ0v) is 12.7. The van der Waals surface area contributed by atoms with E-state index in [1.54, 1.807) is 24.9 Å². The molecule has 0 atom stereocenters. The second-order valence-electron chi connectivity index (χ2n) is 5.05.